The Balaban J connectivity index is 2.27. The van der Waals surface area contributed by atoms with Crippen molar-refractivity contribution < 1.29 is 14.5 Å². The van der Waals surface area contributed by atoms with E-state index >= 15 is 0 Å². The van der Waals surface area contributed by atoms with Gasteiger partial charge in [0, 0.05) is 31.5 Å². The van der Waals surface area contributed by atoms with Crippen LogP contribution < -0.4 is 5.32 Å². The maximum atomic E-state index is 12.6. The zero-order valence-corrected chi connectivity index (χ0v) is 14.2. The van der Waals surface area contributed by atoms with Gasteiger partial charge in [-0.1, -0.05) is 20.8 Å². The highest BCUT2D eigenvalue weighted by Crippen LogP contribution is 2.52. The Morgan fingerprint density at radius 2 is 2.13 bits per heavy atom. The fraction of sp³-hybridized carbons (Fsp3) is 0.733. The first-order valence-corrected chi connectivity index (χ1v) is 7.84. The number of nitro groups is 1. The molecule has 0 aliphatic heterocycles. The number of carbonyl (C=O) groups excluding carboxylic acids is 1. The minimum absolute atomic E-state index is 0.0239. The van der Waals surface area contributed by atoms with Gasteiger partial charge in [-0.2, -0.15) is 5.10 Å². The predicted molar refractivity (Wildman–Crippen MR) is 84.1 cm³/mol. The second kappa shape index (κ2) is 6.27. The summed E-state index contributed by atoms with van der Waals surface area (Å²) in [7, 11) is 3.21. The van der Waals surface area contributed by atoms with Crippen LogP contribution in [-0.4, -0.2) is 39.9 Å². The molecule has 0 saturated heterocycles. The van der Waals surface area contributed by atoms with Gasteiger partial charge in [-0.3, -0.25) is 19.6 Å². The minimum atomic E-state index is -0.586. The van der Waals surface area contributed by atoms with Crippen LogP contribution in [0.25, 0.3) is 0 Å². The van der Waals surface area contributed by atoms with Gasteiger partial charge in [0.05, 0.1) is 11.0 Å². The molecule has 3 atom stereocenters. The van der Waals surface area contributed by atoms with Crippen molar-refractivity contribution in [2.75, 3.05) is 7.11 Å². The maximum absolute atomic E-state index is 12.6. The van der Waals surface area contributed by atoms with Crippen molar-refractivity contribution in [2.24, 2.45) is 18.4 Å². The summed E-state index contributed by atoms with van der Waals surface area (Å²) in [6.07, 6.45) is 2.91. The van der Waals surface area contributed by atoms with Gasteiger partial charge in [0.1, 0.15) is 6.20 Å². The molecule has 1 aromatic rings. The summed E-state index contributed by atoms with van der Waals surface area (Å²) >= 11 is 0. The van der Waals surface area contributed by atoms with E-state index in [-0.39, 0.29) is 34.9 Å². The molecule has 0 aromatic carbocycles. The number of methoxy groups -OCH3 is 1. The SMILES string of the molecule is CCC1(CC)[C@H](NC(=O)c2c([N+](=O)[O-])cnn2C)[C@H](C)[C@@H]1OC. The standard InChI is InChI=1S/C15H24N4O4/c1-6-15(7-2)12(9(3)13(15)23-5)17-14(20)11-10(19(21)22)8-16-18(11)4/h8-9,12-13H,6-7H2,1-5H3,(H,17,20)/t9-,12+,13-/m0/s1. The van der Waals surface area contributed by atoms with Crippen LogP contribution in [0.1, 0.15) is 44.1 Å². The number of aryl methyl sites for hydroxylation is 1. The zero-order chi connectivity index (χ0) is 17.4. The van der Waals surface area contributed by atoms with Crippen LogP contribution >= 0.6 is 0 Å². The molecule has 23 heavy (non-hydrogen) atoms. The topological polar surface area (TPSA) is 99.3 Å². The van der Waals surface area contributed by atoms with Crippen LogP contribution in [0.5, 0.6) is 0 Å². The lowest BCUT2D eigenvalue weighted by Crippen LogP contribution is -2.70. The maximum Gasteiger partial charge on any atom is 0.320 e. The van der Waals surface area contributed by atoms with Crippen LogP contribution in [0, 0.1) is 21.4 Å². The van der Waals surface area contributed by atoms with E-state index in [1.165, 1.54) is 11.7 Å². The molecule has 128 valence electrons. The monoisotopic (exact) mass is 324 g/mol. The van der Waals surface area contributed by atoms with Crippen LogP contribution in [0.15, 0.2) is 6.20 Å². The molecule has 0 bridgehead atoms. The van der Waals surface area contributed by atoms with Gasteiger partial charge in [-0.05, 0) is 12.8 Å². The molecule has 1 heterocycles. The normalized spacial score (nSPS) is 25.7. The number of hydrogen-bond donors (Lipinski definition) is 1. The molecule has 1 saturated carbocycles. The highest BCUT2D eigenvalue weighted by Gasteiger charge is 2.59. The zero-order valence-electron chi connectivity index (χ0n) is 14.2. The predicted octanol–water partition coefficient (Wildman–Crippen LogP) is 1.90. The lowest BCUT2D eigenvalue weighted by molar-refractivity contribution is -0.385. The number of hydrogen-bond acceptors (Lipinski definition) is 5. The molecule has 1 fully saturated rings. The van der Waals surface area contributed by atoms with Crippen LogP contribution in [0.4, 0.5) is 5.69 Å². The summed E-state index contributed by atoms with van der Waals surface area (Å²) < 4.78 is 6.85. The summed E-state index contributed by atoms with van der Waals surface area (Å²) in [5, 5.41) is 17.9. The average Bonchev–Trinajstić information content (AvgIpc) is 2.91. The van der Waals surface area contributed by atoms with Gasteiger partial charge in [-0.25, -0.2) is 0 Å². The van der Waals surface area contributed by atoms with Gasteiger partial charge in [0.25, 0.3) is 5.91 Å². The molecular weight excluding hydrogens is 300 g/mol. The quantitative estimate of drug-likeness (QED) is 0.636. The Morgan fingerprint density at radius 1 is 1.52 bits per heavy atom. The largest absolute Gasteiger partial charge is 0.380 e. The molecule has 1 aliphatic rings. The summed E-state index contributed by atoms with van der Waals surface area (Å²) in [4.78, 5) is 23.1. The summed E-state index contributed by atoms with van der Waals surface area (Å²) in [6.45, 7) is 6.18. The van der Waals surface area contributed by atoms with Gasteiger partial charge in [-0.15, -0.1) is 0 Å². The van der Waals surface area contributed by atoms with Crippen molar-refractivity contribution in [1.82, 2.24) is 15.1 Å². The molecule has 1 aliphatic carbocycles. The molecule has 0 spiro atoms. The molecule has 0 unspecified atom stereocenters. The number of amides is 1. The van der Waals surface area contributed by atoms with Gasteiger partial charge in [0.15, 0.2) is 0 Å². The Hall–Kier alpha value is -1.96. The Bertz CT molecular complexity index is 609. The van der Waals surface area contributed by atoms with Crippen molar-refractivity contribution in [3.05, 3.63) is 22.0 Å². The van der Waals surface area contributed by atoms with Gasteiger partial charge >= 0.3 is 5.69 Å². The molecule has 1 aromatic heterocycles. The van der Waals surface area contributed by atoms with Crippen LogP contribution in [-0.2, 0) is 11.8 Å². The second-order valence-corrected chi connectivity index (χ2v) is 6.17. The summed E-state index contributed by atoms with van der Waals surface area (Å²) in [6, 6.07) is -0.0792. The molecule has 1 amide bonds. The highest BCUT2D eigenvalue weighted by molar-refractivity contribution is 5.96. The minimum Gasteiger partial charge on any atom is -0.380 e. The first-order chi connectivity index (χ1) is 10.8. The molecule has 0 radical (unpaired) electrons. The Labute approximate surface area is 135 Å². The number of carbonyl (C=O) groups is 1. The smallest absolute Gasteiger partial charge is 0.320 e. The lowest BCUT2D eigenvalue weighted by Gasteiger charge is -2.59. The Morgan fingerprint density at radius 3 is 2.61 bits per heavy atom. The molecule has 8 nitrogen and oxygen atoms in total. The van der Waals surface area contributed by atoms with E-state index in [1.807, 2.05) is 6.92 Å². The van der Waals surface area contributed by atoms with Crippen molar-refractivity contribution in [3.63, 3.8) is 0 Å². The van der Waals surface area contributed by atoms with Crippen molar-refractivity contribution in [3.8, 4) is 0 Å². The van der Waals surface area contributed by atoms with Crippen LogP contribution in [0.3, 0.4) is 0 Å². The molecule has 2 rings (SSSR count). The van der Waals surface area contributed by atoms with Crippen molar-refractivity contribution >= 4 is 11.6 Å². The van der Waals surface area contributed by atoms with Crippen molar-refractivity contribution in [1.29, 1.82) is 0 Å². The number of rotatable bonds is 6. The molecule has 8 heteroatoms. The van der Waals surface area contributed by atoms with Crippen molar-refractivity contribution in [2.45, 2.75) is 45.8 Å². The first-order valence-electron chi connectivity index (χ1n) is 7.84. The number of nitrogens with one attached hydrogen (secondary N) is 1. The fourth-order valence-electron chi connectivity index (χ4n) is 4.13. The number of ether oxygens (including phenoxy) is 1. The summed E-state index contributed by atoms with van der Waals surface area (Å²) in [5.74, 6) is -0.314. The van der Waals surface area contributed by atoms with Crippen LogP contribution in [0.2, 0.25) is 0 Å². The van der Waals surface area contributed by atoms with E-state index < -0.39 is 10.8 Å². The Kier molecular flexibility index (Phi) is 4.74. The average molecular weight is 324 g/mol. The third-order valence-electron chi connectivity index (χ3n) is 5.38. The lowest BCUT2D eigenvalue weighted by atomic mass is 9.53. The first kappa shape index (κ1) is 17.4. The third kappa shape index (κ3) is 2.50. The van der Waals surface area contributed by atoms with Gasteiger partial charge < -0.3 is 10.1 Å². The van der Waals surface area contributed by atoms with E-state index in [4.69, 9.17) is 4.74 Å². The van der Waals surface area contributed by atoms with E-state index in [2.05, 4.69) is 24.3 Å². The second-order valence-electron chi connectivity index (χ2n) is 6.17. The highest BCUT2D eigenvalue weighted by atomic mass is 16.6. The number of aromatic nitrogens is 2. The third-order valence-corrected chi connectivity index (χ3v) is 5.38. The van der Waals surface area contributed by atoms with Gasteiger partial charge in [0.2, 0.25) is 5.69 Å². The van der Waals surface area contributed by atoms with E-state index in [9.17, 15) is 14.9 Å². The van der Waals surface area contributed by atoms with E-state index in [0.717, 1.165) is 19.0 Å². The molecule has 1 N–H and O–H groups in total. The van der Waals surface area contributed by atoms with E-state index in [1.54, 1.807) is 7.11 Å². The number of nitrogens with zero attached hydrogens (tertiary/aromatic N) is 3. The summed E-state index contributed by atoms with van der Waals surface area (Å²) in [5.41, 5.74) is -0.444. The molecular formula is C15H24N4O4. The van der Waals surface area contributed by atoms with E-state index in [0.29, 0.717) is 0 Å². The fourth-order valence-corrected chi connectivity index (χ4v) is 4.13.